The molecule has 9 heteroatoms. The number of piperidine rings is 1. The van der Waals surface area contributed by atoms with Crippen LogP contribution in [0.5, 0.6) is 0 Å². The molecule has 0 saturated carbocycles. The van der Waals surface area contributed by atoms with Crippen molar-refractivity contribution < 1.29 is 13.2 Å². The Morgan fingerprint density at radius 2 is 1.90 bits per heavy atom. The summed E-state index contributed by atoms with van der Waals surface area (Å²) >= 11 is 0. The molecule has 0 amide bonds. The average Bonchev–Trinajstić information content (AvgIpc) is 3.16. The lowest BCUT2D eigenvalue weighted by Gasteiger charge is -2.27. The van der Waals surface area contributed by atoms with E-state index in [4.69, 9.17) is 4.74 Å². The van der Waals surface area contributed by atoms with Gasteiger partial charge in [0.2, 0.25) is 10.0 Å². The fourth-order valence-corrected chi connectivity index (χ4v) is 5.53. The smallest absolute Gasteiger partial charge is 0.243 e. The second-order valence-corrected chi connectivity index (χ2v) is 9.66. The van der Waals surface area contributed by atoms with Gasteiger partial charge in [0, 0.05) is 39.8 Å². The first-order valence-corrected chi connectivity index (χ1v) is 11.6. The molecule has 1 aromatic rings. The number of ether oxygens (including phenoxy) is 1. The molecule has 2 saturated heterocycles. The Balaban J connectivity index is 0.00000300. The third-order valence-corrected chi connectivity index (χ3v) is 7.50. The maximum Gasteiger partial charge on any atom is 0.243 e. The standard InChI is InChI=1S/C20H32N4O3S.HI/c1-20(11-8-14-27-20)16-23-19(21-2)22-15-17-9-4-5-10-18(17)28(25,26)24-12-6-3-7-13-24;/h4-5,9-10H,3,6-8,11-16H2,1-2H3,(H2,21,22,23);1H. The molecule has 0 aliphatic carbocycles. The number of benzene rings is 1. The summed E-state index contributed by atoms with van der Waals surface area (Å²) in [5.74, 6) is 0.641. The minimum Gasteiger partial charge on any atom is -0.373 e. The molecular formula is C20H33IN4O3S. The fraction of sp³-hybridized carbons (Fsp3) is 0.650. The largest absolute Gasteiger partial charge is 0.373 e. The number of aliphatic imine (C=N–C) groups is 1. The molecule has 29 heavy (non-hydrogen) atoms. The number of hydrogen-bond acceptors (Lipinski definition) is 4. The zero-order valence-electron chi connectivity index (χ0n) is 17.3. The number of sulfonamides is 1. The highest BCUT2D eigenvalue weighted by molar-refractivity contribution is 14.0. The van der Waals surface area contributed by atoms with E-state index >= 15 is 0 Å². The van der Waals surface area contributed by atoms with Crippen molar-refractivity contribution in [3.05, 3.63) is 29.8 Å². The summed E-state index contributed by atoms with van der Waals surface area (Å²) in [4.78, 5) is 4.64. The van der Waals surface area contributed by atoms with Gasteiger partial charge in [-0.3, -0.25) is 4.99 Å². The second-order valence-electron chi connectivity index (χ2n) is 7.75. The highest BCUT2D eigenvalue weighted by atomic mass is 127. The lowest BCUT2D eigenvalue weighted by molar-refractivity contribution is 0.0243. The molecule has 0 aromatic heterocycles. The molecule has 2 fully saturated rings. The van der Waals surface area contributed by atoms with Crippen LogP contribution in [0.3, 0.4) is 0 Å². The third-order valence-electron chi connectivity index (χ3n) is 5.51. The summed E-state index contributed by atoms with van der Waals surface area (Å²) in [6.07, 6.45) is 5.05. The Labute approximate surface area is 191 Å². The number of nitrogens with one attached hydrogen (secondary N) is 2. The van der Waals surface area contributed by atoms with Crippen molar-refractivity contribution in [3.8, 4) is 0 Å². The molecule has 0 bridgehead atoms. The lowest BCUT2D eigenvalue weighted by atomic mass is 10.0. The summed E-state index contributed by atoms with van der Waals surface area (Å²) in [6, 6.07) is 7.21. The topological polar surface area (TPSA) is 83.0 Å². The van der Waals surface area contributed by atoms with Crippen LogP contribution in [0, 0.1) is 0 Å². The van der Waals surface area contributed by atoms with Crippen LogP contribution in [0.15, 0.2) is 34.2 Å². The van der Waals surface area contributed by atoms with Crippen molar-refractivity contribution >= 4 is 40.0 Å². The Morgan fingerprint density at radius 1 is 1.17 bits per heavy atom. The van der Waals surface area contributed by atoms with E-state index in [2.05, 4.69) is 22.5 Å². The van der Waals surface area contributed by atoms with E-state index in [1.165, 1.54) is 0 Å². The number of rotatable bonds is 6. The fourth-order valence-electron chi connectivity index (χ4n) is 3.79. The first-order valence-electron chi connectivity index (χ1n) is 10.1. The minimum absolute atomic E-state index is 0. The van der Waals surface area contributed by atoms with Gasteiger partial charge in [0.05, 0.1) is 10.5 Å². The van der Waals surface area contributed by atoms with Crippen molar-refractivity contribution in [2.45, 2.75) is 56.1 Å². The van der Waals surface area contributed by atoms with Gasteiger partial charge in [-0.25, -0.2) is 8.42 Å². The van der Waals surface area contributed by atoms with E-state index in [1.54, 1.807) is 23.5 Å². The van der Waals surface area contributed by atoms with E-state index in [1.807, 2.05) is 12.1 Å². The van der Waals surface area contributed by atoms with Crippen LogP contribution in [-0.2, 0) is 21.3 Å². The normalized spacial score (nSPS) is 23.4. The molecule has 0 radical (unpaired) electrons. The highest BCUT2D eigenvalue weighted by Crippen LogP contribution is 2.24. The molecule has 2 aliphatic rings. The average molecular weight is 536 g/mol. The minimum atomic E-state index is -3.47. The van der Waals surface area contributed by atoms with E-state index in [0.717, 1.165) is 44.3 Å². The zero-order valence-corrected chi connectivity index (χ0v) is 20.5. The first-order chi connectivity index (χ1) is 13.4. The quantitative estimate of drug-likeness (QED) is 0.332. The van der Waals surface area contributed by atoms with Gasteiger partial charge in [0.15, 0.2) is 5.96 Å². The van der Waals surface area contributed by atoms with E-state index in [-0.39, 0.29) is 29.6 Å². The summed E-state index contributed by atoms with van der Waals surface area (Å²) in [6.45, 7) is 5.16. The predicted molar refractivity (Wildman–Crippen MR) is 126 cm³/mol. The van der Waals surface area contributed by atoms with Crippen LogP contribution >= 0.6 is 24.0 Å². The Kier molecular flexibility index (Phi) is 9.17. The van der Waals surface area contributed by atoms with Crippen LogP contribution in [0.2, 0.25) is 0 Å². The second kappa shape index (κ2) is 10.9. The maximum absolute atomic E-state index is 13.1. The van der Waals surface area contributed by atoms with Crippen LogP contribution in [0.1, 0.15) is 44.6 Å². The number of halogens is 1. The molecule has 164 valence electrons. The van der Waals surface area contributed by atoms with Crippen LogP contribution in [0.4, 0.5) is 0 Å². The van der Waals surface area contributed by atoms with Gasteiger partial charge >= 0.3 is 0 Å². The Hall–Kier alpha value is -0.910. The van der Waals surface area contributed by atoms with Gasteiger partial charge in [-0.1, -0.05) is 24.6 Å². The van der Waals surface area contributed by atoms with Crippen molar-refractivity contribution in [2.75, 3.05) is 33.3 Å². The SMILES string of the molecule is CN=C(NCc1ccccc1S(=O)(=O)N1CCCCC1)NCC1(C)CCCO1.I. The monoisotopic (exact) mass is 536 g/mol. The van der Waals surface area contributed by atoms with Gasteiger partial charge in [-0.05, 0) is 44.2 Å². The van der Waals surface area contributed by atoms with Crippen LogP contribution < -0.4 is 10.6 Å². The molecule has 2 aliphatic heterocycles. The molecule has 2 N–H and O–H groups in total. The molecule has 0 spiro atoms. The molecule has 1 atom stereocenters. The summed E-state index contributed by atoms with van der Waals surface area (Å²) in [5.41, 5.74) is 0.576. The molecule has 1 aromatic carbocycles. The van der Waals surface area contributed by atoms with Gasteiger partial charge < -0.3 is 15.4 Å². The van der Waals surface area contributed by atoms with Gasteiger partial charge in [-0.15, -0.1) is 24.0 Å². The van der Waals surface area contributed by atoms with Gasteiger partial charge in [0.1, 0.15) is 0 Å². The van der Waals surface area contributed by atoms with Crippen molar-refractivity contribution in [2.24, 2.45) is 4.99 Å². The third kappa shape index (κ3) is 6.28. The molecule has 2 heterocycles. The number of nitrogens with zero attached hydrogens (tertiary/aromatic N) is 2. The van der Waals surface area contributed by atoms with E-state index < -0.39 is 10.0 Å². The maximum atomic E-state index is 13.1. The first kappa shape index (κ1) is 24.4. The van der Waals surface area contributed by atoms with E-state index in [0.29, 0.717) is 37.0 Å². The molecule has 7 nitrogen and oxygen atoms in total. The zero-order chi connectivity index (χ0) is 20.0. The number of hydrogen-bond donors (Lipinski definition) is 2. The highest BCUT2D eigenvalue weighted by Gasteiger charge is 2.30. The van der Waals surface area contributed by atoms with Crippen molar-refractivity contribution in [1.82, 2.24) is 14.9 Å². The Bertz CT molecular complexity index is 789. The molecular weight excluding hydrogens is 503 g/mol. The van der Waals surface area contributed by atoms with E-state index in [9.17, 15) is 8.42 Å². The number of guanidine groups is 1. The summed E-state index contributed by atoms with van der Waals surface area (Å²) in [7, 11) is -1.76. The molecule has 1 unspecified atom stereocenters. The van der Waals surface area contributed by atoms with Crippen LogP contribution in [-0.4, -0.2) is 57.6 Å². The van der Waals surface area contributed by atoms with Gasteiger partial charge in [-0.2, -0.15) is 4.31 Å². The Morgan fingerprint density at radius 3 is 2.55 bits per heavy atom. The van der Waals surface area contributed by atoms with Gasteiger partial charge in [0.25, 0.3) is 0 Å². The van der Waals surface area contributed by atoms with Crippen molar-refractivity contribution in [3.63, 3.8) is 0 Å². The predicted octanol–water partition coefficient (Wildman–Crippen LogP) is 2.71. The van der Waals surface area contributed by atoms with Crippen molar-refractivity contribution in [1.29, 1.82) is 0 Å². The summed E-state index contributed by atoms with van der Waals surface area (Å²) < 4.78 is 33.6. The van der Waals surface area contributed by atoms with Crippen LogP contribution in [0.25, 0.3) is 0 Å². The molecule has 3 rings (SSSR count). The lowest BCUT2D eigenvalue weighted by Crippen LogP contribution is -2.45. The summed E-state index contributed by atoms with van der Waals surface area (Å²) in [5, 5.41) is 6.54.